The molecule has 0 radical (unpaired) electrons. The standard InChI is InChI=1S/C20H32O3/c1-4-5-6-7-8-9-10-11-12-13-18(21)17-14-15-19(22-2)20(16-17)23-3/h14-16H,4-13H2,1-3H3. The third kappa shape index (κ3) is 7.54. The molecule has 0 N–H and O–H groups in total. The van der Waals surface area contributed by atoms with Crippen LogP contribution in [0.15, 0.2) is 18.2 Å². The van der Waals surface area contributed by atoms with Crippen LogP contribution in [0.1, 0.15) is 81.5 Å². The van der Waals surface area contributed by atoms with E-state index in [1.165, 1.54) is 44.9 Å². The van der Waals surface area contributed by atoms with E-state index in [1.807, 2.05) is 6.07 Å². The zero-order valence-corrected chi connectivity index (χ0v) is 15.0. The van der Waals surface area contributed by atoms with Crippen LogP contribution in [-0.2, 0) is 0 Å². The highest BCUT2D eigenvalue weighted by Crippen LogP contribution is 2.28. The lowest BCUT2D eigenvalue weighted by Gasteiger charge is -2.09. The molecule has 1 aromatic carbocycles. The Hall–Kier alpha value is -1.51. The van der Waals surface area contributed by atoms with Crippen LogP contribution < -0.4 is 9.47 Å². The average Bonchev–Trinajstić information content (AvgIpc) is 2.59. The van der Waals surface area contributed by atoms with Crippen molar-refractivity contribution in [2.24, 2.45) is 0 Å². The number of hydrogen-bond acceptors (Lipinski definition) is 3. The van der Waals surface area contributed by atoms with Crippen molar-refractivity contribution in [2.75, 3.05) is 14.2 Å². The molecule has 0 bridgehead atoms. The minimum absolute atomic E-state index is 0.189. The lowest BCUT2D eigenvalue weighted by Crippen LogP contribution is -2.00. The Morgan fingerprint density at radius 2 is 1.39 bits per heavy atom. The first-order valence-electron chi connectivity index (χ1n) is 8.98. The SMILES string of the molecule is CCCCCCCCCCCC(=O)c1ccc(OC)c(OC)c1. The molecule has 0 saturated heterocycles. The summed E-state index contributed by atoms with van der Waals surface area (Å²) in [7, 11) is 3.19. The number of Topliss-reactive ketones (excluding diaryl/α,β-unsaturated/α-hetero) is 1. The highest BCUT2D eigenvalue weighted by Gasteiger charge is 2.10. The van der Waals surface area contributed by atoms with Gasteiger partial charge in [-0.25, -0.2) is 0 Å². The first kappa shape index (κ1) is 19.5. The summed E-state index contributed by atoms with van der Waals surface area (Å²) in [6, 6.07) is 5.38. The van der Waals surface area contributed by atoms with Gasteiger partial charge in [0.05, 0.1) is 14.2 Å². The fourth-order valence-corrected chi connectivity index (χ4v) is 2.75. The molecule has 0 fully saturated rings. The summed E-state index contributed by atoms with van der Waals surface area (Å²) >= 11 is 0. The highest BCUT2D eigenvalue weighted by atomic mass is 16.5. The Morgan fingerprint density at radius 1 is 0.826 bits per heavy atom. The number of benzene rings is 1. The molecule has 23 heavy (non-hydrogen) atoms. The molecule has 0 heterocycles. The molecule has 3 heteroatoms. The number of unbranched alkanes of at least 4 members (excludes halogenated alkanes) is 8. The fraction of sp³-hybridized carbons (Fsp3) is 0.650. The lowest BCUT2D eigenvalue weighted by atomic mass is 10.0. The molecule has 0 atom stereocenters. The largest absolute Gasteiger partial charge is 0.493 e. The van der Waals surface area contributed by atoms with Crippen molar-refractivity contribution < 1.29 is 14.3 Å². The molecule has 0 spiro atoms. The molecule has 0 amide bonds. The quantitative estimate of drug-likeness (QED) is 0.340. The normalized spacial score (nSPS) is 10.6. The summed E-state index contributed by atoms with van der Waals surface area (Å²) in [5, 5.41) is 0. The van der Waals surface area contributed by atoms with Crippen molar-refractivity contribution in [2.45, 2.75) is 71.1 Å². The molecule has 0 aliphatic heterocycles. The Labute approximate surface area is 141 Å². The van der Waals surface area contributed by atoms with Gasteiger partial charge in [-0.3, -0.25) is 4.79 Å². The Bertz CT molecular complexity index is 454. The van der Waals surface area contributed by atoms with Gasteiger partial charge in [-0.05, 0) is 24.6 Å². The summed E-state index contributed by atoms with van der Waals surface area (Å²) in [5.74, 6) is 1.46. The van der Waals surface area contributed by atoms with E-state index in [1.54, 1.807) is 26.4 Å². The van der Waals surface area contributed by atoms with Crippen molar-refractivity contribution >= 4 is 5.78 Å². The molecule has 1 rings (SSSR count). The zero-order valence-electron chi connectivity index (χ0n) is 15.0. The van der Waals surface area contributed by atoms with Gasteiger partial charge < -0.3 is 9.47 Å². The average molecular weight is 320 g/mol. The Balaban J connectivity index is 2.21. The molecule has 0 saturated carbocycles. The summed E-state index contributed by atoms with van der Waals surface area (Å²) in [4.78, 5) is 12.2. The van der Waals surface area contributed by atoms with Crippen molar-refractivity contribution in [1.82, 2.24) is 0 Å². The third-order valence-electron chi connectivity index (χ3n) is 4.21. The van der Waals surface area contributed by atoms with E-state index in [2.05, 4.69) is 6.92 Å². The Morgan fingerprint density at radius 3 is 1.96 bits per heavy atom. The molecular formula is C20H32O3. The maximum atomic E-state index is 12.2. The van der Waals surface area contributed by atoms with Gasteiger partial charge >= 0.3 is 0 Å². The van der Waals surface area contributed by atoms with E-state index in [4.69, 9.17) is 9.47 Å². The zero-order chi connectivity index (χ0) is 16.9. The number of rotatable bonds is 13. The Kier molecular flexibility index (Phi) is 10.2. The summed E-state index contributed by atoms with van der Waals surface area (Å²) < 4.78 is 10.4. The number of ether oxygens (including phenoxy) is 2. The van der Waals surface area contributed by atoms with Crippen LogP contribution in [0.25, 0.3) is 0 Å². The minimum atomic E-state index is 0.189. The summed E-state index contributed by atoms with van der Waals surface area (Å²) in [5.41, 5.74) is 0.710. The van der Waals surface area contributed by atoms with Gasteiger partial charge in [-0.1, -0.05) is 58.3 Å². The van der Waals surface area contributed by atoms with Gasteiger partial charge in [0.25, 0.3) is 0 Å². The molecular weight excluding hydrogens is 288 g/mol. The van der Waals surface area contributed by atoms with Crippen molar-refractivity contribution in [3.05, 3.63) is 23.8 Å². The molecule has 0 aromatic heterocycles. The van der Waals surface area contributed by atoms with Gasteiger partial charge in [-0.15, -0.1) is 0 Å². The second-order valence-electron chi connectivity index (χ2n) is 6.07. The smallest absolute Gasteiger partial charge is 0.163 e. The molecule has 0 aliphatic carbocycles. The van der Waals surface area contributed by atoms with Crippen LogP contribution >= 0.6 is 0 Å². The van der Waals surface area contributed by atoms with Crippen molar-refractivity contribution in [3.8, 4) is 11.5 Å². The van der Waals surface area contributed by atoms with E-state index in [-0.39, 0.29) is 5.78 Å². The van der Waals surface area contributed by atoms with E-state index in [9.17, 15) is 4.79 Å². The van der Waals surface area contributed by atoms with Crippen LogP contribution in [0, 0.1) is 0 Å². The monoisotopic (exact) mass is 320 g/mol. The predicted molar refractivity (Wildman–Crippen MR) is 95.7 cm³/mol. The van der Waals surface area contributed by atoms with Gasteiger partial charge in [0, 0.05) is 12.0 Å². The van der Waals surface area contributed by atoms with E-state index < -0.39 is 0 Å². The third-order valence-corrected chi connectivity index (χ3v) is 4.21. The van der Waals surface area contributed by atoms with Crippen molar-refractivity contribution in [1.29, 1.82) is 0 Å². The molecule has 0 unspecified atom stereocenters. The van der Waals surface area contributed by atoms with Crippen LogP contribution in [-0.4, -0.2) is 20.0 Å². The topological polar surface area (TPSA) is 35.5 Å². The van der Waals surface area contributed by atoms with Crippen LogP contribution in [0.5, 0.6) is 11.5 Å². The predicted octanol–water partition coefficient (Wildman–Crippen LogP) is 5.81. The lowest BCUT2D eigenvalue weighted by molar-refractivity contribution is 0.0978. The van der Waals surface area contributed by atoms with Gasteiger partial charge in [0.1, 0.15) is 0 Å². The molecule has 1 aromatic rings. The van der Waals surface area contributed by atoms with Crippen LogP contribution in [0.4, 0.5) is 0 Å². The van der Waals surface area contributed by atoms with Crippen LogP contribution in [0.3, 0.4) is 0 Å². The molecule has 0 aliphatic rings. The molecule has 3 nitrogen and oxygen atoms in total. The second kappa shape index (κ2) is 12.0. The summed E-state index contributed by atoms with van der Waals surface area (Å²) in [6.07, 6.45) is 12.0. The van der Waals surface area contributed by atoms with E-state index in [0.29, 0.717) is 23.5 Å². The van der Waals surface area contributed by atoms with E-state index >= 15 is 0 Å². The maximum Gasteiger partial charge on any atom is 0.163 e. The van der Waals surface area contributed by atoms with E-state index in [0.717, 1.165) is 12.8 Å². The number of methoxy groups -OCH3 is 2. The van der Waals surface area contributed by atoms with Gasteiger partial charge in [0.2, 0.25) is 0 Å². The van der Waals surface area contributed by atoms with Crippen LogP contribution in [0.2, 0.25) is 0 Å². The highest BCUT2D eigenvalue weighted by molar-refractivity contribution is 5.96. The molecule has 130 valence electrons. The van der Waals surface area contributed by atoms with Gasteiger partial charge in [0.15, 0.2) is 17.3 Å². The van der Waals surface area contributed by atoms with Gasteiger partial charge in [-0.2, -0.15) is 0 Å². The number of hydrogen-bond donors (Lipinski definition) is 0. The number of ketones is 1. The minimum Gasteiger partial charge on any atom is -0.493 e. The van der Waals surface area contributed by atoms with Crippen molar-refractivity contribution in [3.63, 3.8) is 0 Å². The first-order chi connectivity index (χ1) is 11.2. The number of carbonyl (C=O) groups is 1. The first-order valence-corrected chi connectivity index (χ1v) is 8.98. The summed E-state index contributed by atoms with van der Waals surface area (Å²) in [6.45, 7) is 2.25. The number of carbonyl (C=O) groups excluding carboxylic acids is 1. The fourth-order valence-electron chi connectivity index (χ4n) is 2.75. The maximum absolute atomic E-state index is 12.2. The second-order valence-corrected chi connectivity index (χ2v) is 6.07.